The summed E-state index contributed by atoms with van der Waals surface area (Å²) in [5, 5.41) is 0. The predicted molar refractivity (Wildman–Crippen MR) is 55.3 cm³/mol. The normalized spacial score (nSPS) is 10.1. The monoisotopic (exact) mass is 188 g/mol. The average Bonchev–Trinajstić information content (AvgIpc) is 2.61. The van der Waals surface area contributed by atoms with Crippen molar-refractivity contribution in [3.05, 3.63) is 36.0 Å². The van der Waals surface area contributed by atoms with Crippen LogP contribution in [0.3, 0.4) is 0 Å². The molecule has 3 nitrogen and oxygen atoms in total. The highest BCUT2D eigenvalue weighted by Gasteiger charge is 2.06. The minimum Gasteiger partial charge on any atom is -0.481 e. The number of hydrogen-bond acceptors (Lipinski definition) is 2. The number of benzene rings is 1. The van der Waals surface area contributed by atoms with Gasteiger partial charge in [0.15, 0.2) is 0 Å². The van der Waals surface area contributed by atoms with E-state index in [-0.39, 0.29) is 0 Å². The number of hydrogen-bond donors (Lipinski definition) is 1. The number of nitrogens with one attached hydrogen (secondary N) is 1. The zero-order valence-corrected chi connectivity index (χ0v) is 8.24. The fourth-order valence-corrected chi connectivity index (χ4v) is 1.38. The number of aryl methyl sites for hydroxylation is 1. The van der Waals surface area contributed by atoms with Crippen LogP contribution in [-0.4, -0.2) is 17.1 Å². The first-order valence-corrected chi connectivity index (χ1v) is 4.47. The summed E-state index contributed by atoms with van der Waals surface area (Å²) in [6.45, 7) is 1.92. The number of H-pyrrole nitrogens is 1. The summed E-state index contributed by atoms with van der Waals surface area (Å²) in [6, 6.07) is 9.98. The Morgan fingerprint density at radius 2 is 1.93 bits per heavy atom. The molecular formula is C11H12N2O. The zero-order valence-electron chi connectivity index (χ0n) is 8.24. The van der Waals surface area contributed by atoms with Crippen LogP contribution in [0.1, 0.15) is 5.69 Å². The van der Waals surface area contributed by atoms with Gasteiger partial charge in [0.1, 0.15) is 5.82 Å². The van der Waals surface area contributed by atoms with Gasteiger partial charge >= 0.3 is 0 Å². The first-order chi connectivity index (χ1) is 6.81. The van der Waals surface area contributed by atoms with Gasteiger partial charge in [-0.15, -0.1) is 0 Å². The summed E-state index contributed by atoms with van der Waals surface area (Å²) >= 11 is 0. The van der Waals surface area contributed by atoms with Crippen molar-refractivity contribution >= 4 is 0 Å². The maximum absolute atomic E-state index is 5.13. The Hall–Kier alpha value is -1.77. The molecule has 0 radical (unpaired) electrons. The maximum Gasteiger partial charge on any atom is 0.214 e. The van der Waals surface area contributed by atoms with Crippen molar-refractivity contribution in [1.82, 2.24) is 9.97 Å². The molecule has 1 aromatic carbocycles. The van der Waals surface area contributed by atoms with Crippen molar-refractivity contribution in [2.75, 3.05) is 7.11 Å². The lowest BCUT2D eigenvalue weighted by molar-refractivity contribution is 0.397. The van der Waals surface area contributed by atoms with E-state index in [9.17, 15) is 0 Å². The van der Waals surface area contributed by atoms with Crippen molar-refractivity contribution < 1.29 is 4.74 Å². The van der Waals surface area contributed by atoms with Gasteiger partial charge in [-0.3, -0.25) is 0 Å². The molecule has 0 spiro atoms. The number of ether oxygens (including phenoxy) is 1. The van der Waals surface area contributed by atoms with Gasteiger partial charge < -0.3 is 9.72 Å². The molecule has 1 heterocycles. The number of rotatable bonds is 2. The summed E-state index contributed by atoms with van der Waals surface area (Å²) in [7, 11) is 1.63. The van der Waals surface area contributed by atoms with E-state index in [1.165, 1.54) is 0 Å². The van der Waals surface area contributed by atoms with E-state index >= 15 is 0 Å². The number of aromatic nitrogens is 2. The first-order valence-electron chi connectivity index (χ1n) is 4.47. The molecule has 0 aliphatic heterocycles. The highest BCUT2D eigenvalue weighted by molar-refractivity contribution is 5.56. The highest BCUT2D eigenvalue weighted by atomic mass is 16.5. The van der Waals surface area contributed by atoms with Crippen LogP contribution >= 0.6 is 0 Å². The molecule has 0 aliphatic rings. The molecule has 0 saturated heterocycles. The Labute approximate surface area is 82.8 Å². The summed E-state index contributed by atoms with van der Waals surface area (Å²) < 4.78 is 5.13. The van der Waals surface area contributed by atoms with Gasteiger partial charge in [0.25, 0.3) is 0 Å². The highest BCUT2D eigenvalue weighted by Crippen LogP contribution is 2.21. The van der Waals surface area contributed by atoms with Crippen LogP contribution in [0.2, 0.25) is 0 Å². The molecule has 14 heavy (non-hydrogen) atoms. The summed E-state index contributed by atoms with van der Waals surface area (Å²) in [4.78, 5) is 7.49. The number of nitrogens with zero attached hydrogens (tertiary/aromatic N) is 1. The molecule has 2 aromatic rings. The van der Waals surface area contributed by atoms with Crippen molar-refractivity contribution in [2.24, 2.45) is 0 Å². The predicted octanol–water partition coefficient (Wildman–Crippen LogP) is 2.39. The molecule has 0 fully saturated rings. The maximum atomic E-state index is 5.13. The molecule has 72 valence electrons. The van der Waals surface area contributed by atoms with E-state index in [1.807, 2.05) is 37.3 Å². The molecule has 0 amide bonds. The fraction of sp³-hybridized carbons (Fsp3) is 0.182. The van der Waals surface area contributed by atoms with Gasteiger partial charge in [-0.2, -0.15) is 0 Å². The van der Waals surface area contributed by atoms with Gasteiger partial charge in [-0.1, -0.05) is 30.3 Å². The van der Waals surface area contributed by atoms with Crippen LogP contribution in [0, 0.1) is 6.92 Å². The molecule has 3 heteroatoms. The second kappa shape index (κ2) is 3.54. The molecule has 1 N–H and O–H groups in total. The van der Waals surface area contributed by atoms with Gasteiger partial charge in [0.05, 0.1) is 12.8 Å². The van der Waals surface area contributed by atoms with Crippen LogP contribution in [0.4, 0.5) is 0 Å². The van der Waals surface area contributed by atoms with E-state index in [4.69, 9.17) is 4.74 Å². The Balaban J connectivity index is 2.43. The van der Waals surface area contributed by atoms with Gasteiger partial charge in [-0.05, 0) is 6.92 Å². The minimum absolute atomic E-state index is 0.726. The largest absolute Gasteiger partial charge is 0.481 e. The van der Waals surface area contributed by atoms with Crippen LogP contribution in [0.25, 0.3) is 11.4 Å². The van der Waals surface area contributed by atoms with E-state index < -0.39 is 0 Å². The van der Waals surface area contributed by atoms with E-state index in [0.717, 1.165) is 23.0 Å². The quantitative estimate of drug-likeness (QED) is 0.785. The molecule has 1 aromatic heterocycles. The SMILES string of the molecule is COc1[nH]c(-c2ccccc2)nc1C. The molecule has 0 atom stereocenters. The van der Waals surface area contributed by atoms with E-state index in [1.54, 1.807) is 7.11 Å². The van der Waals surface area contributed by atoms with Crippen LogP contribution in [0.15, 0.2) is 30.3 Å². The van der Waals surface area contributed by atoms with Crippen molar-refractivity contribution in [3.8, 4) is 17.3 Å². The minimum atomic E-state index is 0.726. The van der Waals surface area contributed by atoms with E-state index in [2.05, 4.69) is 9.97 Å². The topological polar surface area (TPSA) is 37.9 Å². The molecule has 2 rings (SSSR count). The van der Waals surface area contributed by atoms with Crippen molar-refractivity contribution in [3.63, 3.8) is 0 Å². The molecule has 0 unspecified atom stereocenters. The Morgan fingerprint density at radius 3 is 2.50 bits per heavy atom. The smallest absolute Gasteiger partial charge is 0.214 e. The number of aromatic amines is 1. The van der Waals surface area contributed by atoms with Crippen LogP contribution in [-0.2, 0) is 0 Å². The second-order valence-electron chi connectivity index (χ2n) is 3.07. The van der Waals surface area contributed by atoms with Gasteiger partial charge in [0, 0.05) is 5.56 Å². The summed E-state index contributed by atoms with van der Waals surface area (Å²) in [6.07, 6.45) is 0. The molecular weight excluding hydrogens is 176 g/mol. The lowest BCUT2D eigenvalue weighted by Crippen LogP contribution is -1.83. The molecule has 0 saturated carbocycles. The Morgan fingerprint density at radius 1 is 1.21 bits per heavy atom. The third kappa shape index (κ3) is 1.48. The van der Waals surface area contributed by atoms with Crippen LogP contribution in [0.5, 0.6) is 5.88 Å². The van der Waals surface area contributed by atoms with E-state index in [0.29, 0.717) is 0 Å². The van der Waals surface area contributed by atoms with Crippen LogP contribution < -0.4 is 4.74 Å². The fourth-order valence-electron chi connectivity index (χ4n) is 1.38. The first kappa shape index (κ1) is 8.81. The summed E-state index contributed by atoms with van der Waals surface area (Å²) in [5.41, 5.74) is 1.95. The lowest BCUT2D eigenvalue weighted by atomic mass is 10.2. The number of imidazole rings is 1. The van der Waals surface area contributed by atoms with Crippen molar-refractivity contribution in [1.29, 1.82) is 0 Å². The second-order valence-corrected chi connectivity index (χ2v) is 3.07. The van der Waals surface area contributed by atoms with Gasteiger partial charge in [-0.25, -0.2) is 4.98 Å². The van der Waals surface area contributed by atoms with Gasteiger partial charge in [0.2, 0.25) is 5.88 Å². The Kier molecular flexibility index (Phi) is 2.23. The average molecular weight is 188 g/mol. The Bertz CT molecular complexity index is 420. The standard InChI is InChI=1S/C11H12N2O/c1-8-11(14-2)13-10(12-8)9-6-4-3-5-7-9/h3-7H,1-2H3,(H,12,13). The molecule has 0 aliphatic carbocycles. The molecule has 0 bridgehead atoms. The number of methoxy groups -OCH3 is 1. The lowest BCUT2D eigenvalue weighted by Gasteiger charge is -1.95. The third-order valence-electron chi connectivity index (χ3n) is 2.09. The summed E-state index contributed by atoms with van der Waals surface area (Å²) in [5.74, 6) is 1.57. The zero-order chi connectivity index (χ0) is 9.97. The van der Waals surface area contributed by atoms with Crippen molar-refractivity contribution in [2.45, 2.75) is 6.92 Å². The third-order valence-corrected chi connectivity index (χ3v) is 2.09.